The fourth-order valence-electron chi connectivity index (χ4n) is 3.46. The van der Waals surface area contributed by atoms with Gasteiger partial charge in [-0.15, -0.1) is 10.2 Å². The topological polar surface area (TPSA) is 101 Å². The molecule has 4 rings (SSSR count). The number of hydrogen-bond acceptors (Lipinski definition) is 5. The molecule has 0 aliphatic rings. The van der Waals surface area contributed by atoms with Crippen molar-refractivity contribution >= 4 is 22.6 Å². The quantitative estimate of drug-likeness (QED) is 0.424. The highest BCUT2D eigenvalue weighted by Crippen LogP contribution is 2.24. The van der Waals surface area contributed by atoms with Crippen LogP contribution in [0.5, 0.6) is 0 Å². The van der Waals surface area contributed by atoms with E-state index in [0.717, 1.165) is 23.9 Å². The van der Waals surface area contributed by atoms with Crippen molar-refractivity contribution in [2.45, 2.75) is 26.3 Å². The number of halogens is 1. The molecule has 3 N–H and O–H groups in total. The molecule has 8 nitrogen and oxygen atoms in total. The van der Waals surface area contributed by atoms with Crippen LogP contribution in [0, 0.1) is 5.82 Å². The molecule has 0 saturated heterocycles. The van der Waals surface area contributed by atoms with Gasteiger partial charge < -0.3 is 20.2 Å². The Morgan fingerprint density at radius 2 is 2.13 bits per heavy atom. The predicted octanol–water partition coefficient (Wildman–Crippen LogP) is 3.56. The number of anilines is 1. The monoisotopic (exact) mass is 421 g/mol. The number of amides is 1. The average Bonchev–Trinajstić information content (AvgIpc) is 3.39. The Kier molecular flexibility index (Phi) is 5.77. The molecule has 160 valence electrons. The van der Waals surface area contributed by atoms with Crippen LogP contribution in [0.2, 0.25) is 0 Å². The molecule has 0 radical (unpaired) electrons. The fourth-order valence-corrected chi connectivity index (χ4v) is 3.46. The smallest absolute Gasteiger partial charge is 0.259 e. The number of aromatic nitrogens is 5. The van der Waals surface area contributed by atoms with Crippen LogP contribution in [0.15, 0.2) is 42.9 Å². The van der Waals surface area contributed by atoms with Gasteiger partial charge >= 0.3 is 0 Å². The van der Waals surface area contributed by atoms with E-state index in [9.17, 15) is 9.18 Å². The van der Waals surface area contributed by atoms with E-state index in [2.05, 4.69) is 30.8 Å². The van der Waals surface area contributed by atoms with Gasteiger partial charge in [-0.1, -0.05) is 6.07 Å². The van der Waals surface area contributed by atoms with Crippen LogP contribution in [-0.2, 0) is 6.42 Å². The predicted molar refractivity (Wildman–Crippen MR) is 117 cm³/mol. The Hall–Kier alpha value is -3.59. The first-order chi connectivity index (χ1) is 15.0. The standard InChI is InChI=1S/C22H24FN7O/c1-13(2)30-12-26-29-21(30)18-5-4-6-20(27-18)28-22(31)16-9-15-14(7-8-24-3)11-25-19(15)10-17(16)23/h4-6,9-13,24-25H,7-8H2,1-3H3,(H,27,28,31). The van der Waals surface area contributed by atoms with Crippen molar-refractivity contribution in [1.82, 2.24) is 30.0 Å². The summed E-state index contributed by atoms with van der Waals surface area (Å²) in [6, 6.07) is 8.30. The van der Waals surface area contributed by atoms with Crippen molar-refractivity contribution in [3.8, 4) is 11.5 Å². The Morgan fingerprint density at radius 3 is 2.90 bits per heavy atom. The van der Waals surface area contributed by atoms with Gasteiger partial charge in [0, 0.05) is 23.1 Å². The number of carbonyl (C=O) groups excluding carboxylic acids is 1. The van der Waals surface area contributed by atoms with Gasteiger partial charge in [0.15, 0.2) is 5.82 Å². The van der Waals surface area contributed by atoms with Crippen LogP contribution in [0.3, 0.4) is 0 Å². The molecule has 0 bridgehead atoms. The highest BCUT2D eigenvalue weighted by molar-refractivity contribution is 6.06. The van der Waals surface area contributed by atoms with Crippen molar-refractivity contribution in [2.24, 2.45) is 0 Å². The zero-order chi connectivity index (χ0) is 22.0. The van der Waals surface area contributed by atoms with Crippen LogP contribution in [-0.4, -0.2) is 44.2 Å². The molecule has 1 aromatic carbocycles. The van der Waals surface area contributed by atoms with E-state index in [0.29, 0.717) is 22.9 Å². The number of fused-ring (bicyclic) bond motifs is 1. The second-order valence-corrected chi connectivity index (χ2v) is 7.56. The Morgan fingerprint density at radius 1 is 1.29 bits per heavy atom. The number of nitrogens with zero attached hydrogens (tertiary/aromatic N) is 4. The minimum Gasteiger partial charge on any atom is -0.361 e. The lowest BCUT2D eigenvalue weighted by molar-refractivity contribution is 0.102. The van der Waals surface area contributed by atoms with Crippen molar-refractivity contribution in [3.63, 3.8) is 0 Å². The molecule has 9 heteroatoms. The maximum absolute atomic E-state index is 14.6. The SMILES string of the molecule is CNCCc1c[nH]c2cc(F)c(C(=O)Nc3cccc(-c4nncn4C(C)C)n3)cc12. The first kappa shape index (κ1) is 20.7. The minimum atomic E-state index is -0.595. The largest absolute Gasteiger partial charge is 0.361 e. The third-order valence-corrected chi connectivity index (χ3v) is 5.09. The van der Waals surface area contributed by atoms with Gasteiger partial charge in [-0.3, -0.25) is 4.79 Å². The van der Waals surface area contributed by atoms with Gasteiger partial charge in [-0.25, -0.2) is 9.37 Å². The zero-order valence-corrected chi connectivity index (χ0v) is 17.6. The highest BCUT2D eigenvalue weighted by Gasteiger charge is 2.17. The number of rotatable bonds is 7. The number of likely N-dealkylation sites (N-methyl/N-ethyl adjacent to an activating group) is 1. The summed E-state index contributed by atoms with van der Waals surface area (Å²) in [4.78, 5) is 20.4. The Labute approximate surface area is 178 Å². The highest BCUT2D eigenvalue weighted by atomic mass is 19.1. The summed E-state index contributed by atoms with van der Waals surface area (Å²) in [5.41, 5.74) is 2.22. The molecule has 1 amide bonds. The lowest BCUT2D eigenvalue weighted by Gasteiger charge is -2.11. The molecule has 0 aliphatic carbocycles. The maximum Gasteiger partial charge on any atom is 0.259 e. The number of hydrogen-bond donors (Lipinski definition) is 3. The first-order valence-electron chi connectivity index (χ1n) is 10.1. The van der Waals surface area contributed by atoms with E-state index in [4.69, 9.17) is 0 Å². The van der Waals surface area contributed by atoms with E-state index in [1.165, 1.54) is 6.07 Å². The number of H-pyrrole nitrogens is 1. The summed E-state index contributed by atoms with van der Waals surface area (Å²) in [7, 11) is 1.87. The summed E-state index contributed by atoms with van der Waals surface area (Å²) in [6.45, 7) is 4.82. The van der Waals surface area contributed by atoms with E-state index < -0.39 is 11.7 Å². The lowest BCUT2D eigenvalue weighted by atomic mass is 10.1. The maximum atomic E-state index is 14.6. The third kappa shape index (κ3) is 4.17. The molecule has 0 spiro atoms. The molecule has 0 aliphatic heterocycles. The number of aromatic amines is 1. The average molecular weight is 421 g/mol. The zero-order valence-electron chi connectivity index (χ0n) is 17.6. The van der Waals surface area contributed by atoms with Gasteiger partial charge in [-0.05, 0) is 63.7 Å². The Bertz CT molecular complexity index is 1230. The van der Waals surface area contributed by atoms with Gasteiger partial charge in [0.2, 0.25) is 0 Å². The molecular formula is C22H24FN7O. The number of carbonyl (C=O) groups is 1. The van der Waals surface area contributed by atoms with Crippen LogP contribution < -0.4 is 10.6 Å². The van der Waals surface area contributed by atoms with Gasteiger partial charge in [0.05, 0.1) is 5.56 Å². The Balaban J connectivity index is 1.62. The molecule has 3 heterocycles. The van der Waals surface area contributed by atoms with Crippen LogP contribution in [0.25, 0.3) is 22.4 Å². The van der Waals surface area contributed by atoms with Crippen molar-refractivity contribution in [1.29, 1.82) is 0 Å². The minimum absolute atomic E-state index is 0.0321. The van der Waals surface area contributed by atoms with Crippen molar-refractivity contribution in [3.05, 3.63) is 59.8 Å². The van der Waals surface area contributed by atoms with Gasteiger partial charge in [-0.2, -0.15) is 0 Å². The molecule has 0 atom stereocenters. The summed E-state index contributed by atoms with van der Waals surface area (Å²) < 4.78 is 16.5. The molecular weight excluding hydrogens is 397 g/mol. The number of pyridine rings is 1. The van der Waals surface area contributed by atoms with E-state index in [-0.39, 0.29) is 11.6 Å². The molecule has 31 heavy (non-hydrogen) atoms. The summed E-state index contributed by atoms with van der Waals surface area (Å²) in [6.07, 6.45) is 4.25. The third-order valence-electron chi connectivity index (χ3n) is 5.09. The number of benzene rings is 1. The van der Waals surface area contributed by atoms with Gasteiger partial charge in [0.1, 0.15) is 23.7 Å². The van der Waals surface area contributed by atoms with Crippen LogP contribution >= 0.6 is 0 Å². The molecule has 3 aromatic heterocycles. The van der Waals surface area contributed by atoms with E-state index >= 15 is 0 Å². The molecule has 0 fully saturated rings. The van der Waals surface area contributed by atoms with Gasteiger partial charge in [0.25, 0.3) is 5.91 Å². The van der Waals surface area contributed by atoms with E-state index in [1.54, 1.807) is 30.6 Å². The molecule has 0 unspecified atom stereocenters. The van der Waals surface area contributed by atoms with Crippen LogP contribution in [0.4, 0.5) is 10.2 Å². The fraction of sp³-hybridized carbons (Fsp3) is 0.273. The summed E-state index contributed by atoms with van der Waals surface area (Å²) in [5.74, 6) is -0.247. The second-order valence-electron chi connectivity index (χ2n) is 7.56. The number of nitrogens with one attached hydrogen (secondary N) is 3. The van der Waals surface area contributed by atoms with Crippen molar-refractivity contribution < 1.29 is 9.18 Å². The second kappa shape index (κ2) is 8.65. The lowest BCUT2D eigenvalue weighted by Crippen LogP contribution is -2.15. The first-order valence-corrected chi connectivity index (χ1v) is 10.1. The van der Waals surface area contributed by atoms with E-state index in [1.807, 2.05) is 31.7 Å². The molecule has 0 saturated carbocycles. The normalized spacial score (nSPS) is 11.4. The summed E-state index contributed by atoms with van der Waals surface area (Å²) >= 11 is 0. The molecule has 4 aromatic rings. The van der Waals surface area contributed by atoms with Crippen molar-refractivity contribution in [2.75, 3.05) is 18.9 Å². The van der Waals surface area contributed by atoms with Crippen LogP contribution in [0.1, 0.15) is 35.8 Å². The summed E-state index contributed by atoms with van der Waals surface area (Å²) in [5, 5.41) is 14.7.